The maximum atomic E-state index is 12.8. The van der Waals surface area contributed by atoms with Gasteiger partial charge in [-0.3, -0.25) is 4.79 Å². The van der Waals surface area contributed by atoms with Crippen LogP contribution < -0.4 is 10.1 Å². The highest BCUT2D eigenvalue weighted by atomic mass is 32.2. The van der Waals surface area contributed by atoms with Crippen LogP contribution in [0.3, 0.4) is 0 Å². The van der Waals surface area contributed by atoms with Crippen molar-refractivity contribution in [2.75, 3.05) is 12.5 Å². The maximum Gasteiger partial charge on any atom is 0.573 e. The van der Waals surface area contributed by atoms with Crippen LogP contribution in [0.5, 0.6) is 5.75 Å². The third kappa shape index (κ3) is 6.04. The summed E-state index contributed by atoms with van der Waals surface area (Å²) >= 11 is 2.27. The van der Waals surface area contributed by atoms with Crippen molar-refractivity contribution in [1.29, 1.82) is 5.26 Å². The molecule has 1 atom stereocenters. The van der Waals surface area contributed by atoms with E-state index >= 15 is 0 Å². The Bertz CT molecular complexity index is 1380. The fraction of sp³-hybridized carbons (Fsp3) is 0.278. The second-order valence-corrected chi connectivity index (χ2v) is 10.5. The van der Waals surface area contributed by atoms with Crippen LogP contribution in [0.15, 0.2) is 34.4 Å². The first-order valence-electron chi connectivity index (χ1n) is 9.09. The van der Waals surface area contributed by atoms with Crippen LogP contribution in [0.4, 0.5) is 13.2 Å². The standard InChI is InChI=1S/C18H15F3N6O4S3/c1-9(14-25-16(32-2)26-27(14)17-23-8-12(7-22)33-17)24-15(28)10-4-11(31-18(19,20)21)6-13(5-10)34(3,29)30/h4-6,8-9H,1-3H3,(H,24,28). The molecule has 0 aliphatic heterocycles. The molecule has 1 N–H and O–H groups in total. The Balaban J connectivity index is 1.95. The summed E-state index contributed by atoms with van der Waals surface area (Å²) in [5.74, 6) is -1.49. The molecule has 10 nitrogen and oxygen atoms in total. The molecule has 2 heterocycles. The fourth-order valence-corrected chi connectivity index (χ4v) is 4.37. The highest BCUT2D eigenvalue weighted by molar-refractivity contribution is 7.98. The first kappa shape index (κ1) is 25.5. The minimum absolute atomic E-state index is 0.238. The van der Waals surface area contributed by atoms with Crippen LogP contribution >= 0.6 is 23.1 Å². The summed E-state index contributed by atoms with van der Waals surface area (Å²) in [6.45, 7) is 1.55. The van der Waals surface area contributed by atoms with Gasteiger partial charge in [-0.2, -0.15) is 9.94 Å². The van der Waals surface area contributed by atoms with Crippen LogP contribution in [-0.4, -0.2) is 52.9 Å². The summed E-state index contributed by atoms with van der Waals surface area (Å²) in [5, 5.41) is 16.5. The van der Waals surface area contributed by atoms with Gasteiger partial charge in [0.15, 0.2) is 15.7 Å². The lowest BCUT2D eigenvalue weighted by Gasteiger charge is -2.15. The summed E-state index contributed by atoms with van der Waals surface area (Å²) in [6.07, 6.45) is -1.21. The van der Waals surface area contributed by atoms with E-state index in [-0.39, 0.29) is 11.4 Å². The van der Waals surface area contributed by atoms with Gasteiger partial charge in [0.2, 0.25) is 10.3 Å². The summed E-state index contributed by atoms with van der Waals surface area (Å²) in [5.41, 5.74) is -0.369. The molecule has 0 aliphatic carbocycles. The number of carbonyl (C=O) groups excluding carboxylic acids is 1. The van der Waals surface area contributed by atoms with E-state index in [1.54, 1.807) is 13.2 Å². The van der Waals surface area contributed by atoms with E-state index in [0.717, 1.165) is 29.7 Å². The van der Waals surface area contributed by atoms with Gasteiger partial charge in [-0.05, 0) is 31.4 Å². The second-order valence-electron chi connectivity index (χ2n) is 6.70. The van der Waals surface area contributed by atoms with E-state index in [0.29, 0.717) is 21.2 Å². The molecule has 0 radical (unpaired) electrons. The van der Waals surface area contributed by atoms with Crippen molar-refractivity contribution in [3.8, 4) is 17.0 Å². The van der Waals surface area contributed by atoms with E-state index in [2.05, 4.69) is 25.1 Å². The van der Waals surface area contributed by atoms with Crippen molar-refractivity contribution < 1.29 is 31.1 Å². The first-order chi connectivity index (χ1) is 15.8. The number of nitriles is 1. The number of amides is 1. The van der Waals surface area contributed by atoms with Crippen molar-refractivity contribution >= 4 is 38.8 Å². The zero-order valence-electron chi connectivity index (χ0n) is 17.6. The summed E-state index contributed by atoms with van der Waals surface area (Å²) in [4.78, 5) is 21.1. The minimum Gasteiger partial charge on any atom is -0.406 e. The highest BCUT2D eigenvalue weighted by Crippen LogP contribution is 2.28. The number of thiazole rings is 1. The third-order valence-corrected chi connectivity index (χ3v) is 6.63. The molecule has 180 valence electrons. The van der Waals surface area contributed by atoms with Gasteiger partial charge in [-0.25, -0.2) is 18.4 Å². The number of nitrogens with zero attached hydrogens (tertiary/aromatic N) is 5. The summed E-state index contributed by atoms with van der Waals surface area (Å²) in [7, 11) is -3.95. The van der Waals surface area contributed by atoms with E-state index in [1.165, 1.54) is 22.6 Å². The monoisotopic (exact) mass is 532 g/mol. The number of nitrogens with one attached hydrogen (secondary N) is 1. The van der Waals surface area contributed by atoms with E-state index in [1.807, 2.05) is 6.07 Å². The van der Waals surface area contributed by atoms with Crippen LogP contribution in [0.2, 0.25) is 0 Å². The topological polar surface area (TPSA) is 140 Å². The molecule has 1 aromatic carbocycles. The van der Waals surface area contributed by atoms with E-state index in [4.69, 9.17) is 5.26 Å². The SMILES string of the molecule is CSc1nc(C(C)NC(=O)c2cc(OC(F)(F)F)cc(S(C)(=O)=O)c2)n(-c2ncc(C#N)s2)n1. The zero-order chi connectivity index (χ0) is 25.3. The Hall–Kier alpha value is -3.16. The molecule has 1 amide bonds. The van der Waals surface area contributed by atoms with E-state index in [9.17, 15) is 26.4 Å². The van der Waals surface area contributed by atoms with Gasteiger partial charge in [-0.15, -0.1) is 18.3 Å². The van der Waals surface area contributed by atoms with Crippen LogP contribution in [0.1, 0.15) is 34.0 Å². The van der Waals surface area contributed by atoms with Crippen molar-refractivity contribution in [3.63, 3.8) is 0 Å². The average Bonchev–Trinajstić information content (AvgIpc) is 3.38. The maximum absolute atomic E-state index is 12.8. The third-order valence-electron chi connectivity index (χ3n) is 4.12. The number of carbonyl (C=O) groups is 1. The molecular formula is C18H15F3N6O4S3. The lowest BCUT2D eigenvalue weighted by Crippen LogP contribution is -2.29. The lowest BCUT2D eigenvalue weighted by molar-refractivity contribution is -0.274. The molecule has 0 saturated carbocycles. The van der Waals surface area contributed by atoms with Gasteiger partial charge in [0.25, 0.3) is 5.91 Å². The number of benzene rings is 1. The van der Waals surface area contributed by atoms with Crippen molar-refractivity contribution in [3.05, 3.63) is 40.7 Å². The van der Waals surface area contributed by atoms with Crippen LogP contribution in [0.25, 0.3) is 5.13 Å². The largest absolute Gasteiger partial charge is 0.573 e. The Morgan fingerprint density at radius 2 is 2.06 bits per heavy atom. The highest BCUT2D eigenvalue weighted by Gasteiger charge is 2.32. The molecule has 0 fully saturated rings. The van der Waals surface area contributed by atoms with Crippen molar-refractivity contribution in [1.82, 2.24) is 25.1 Å². The predicted octanol–water partition coefficient (Wildman–Crippen LogP) is 3.11. The number of hydrogen-bond donors (Lipinski definition) is 1. The number of hydrogen-bond acceptors (Lipinski definition) is 10. The second kappa shape index (κ2) is 9.60. The van der Waals surface area contributed by atoms with Gasteiger partial charge in [-0.1, -0.05) is 23.1 Å². The quantitative estimate of drug-likeness (QED) is 0.455. The van der Waals surface area contributed by atoms with Crippen LogP contribution in [-0.2, 0) is 9.84 Å². The molecule has 2 aromatic heterocycles. The molecule has 0 aliphatic rings. The minimum atomic E-state index is -5.09. The van der Waals surface area contributed by atoms with Gasteiger partial charge in [0, 0.05) is 11.8 Å². The van der Waals surface area contributed by atoms with E-state index < -0.39 is 38.8 Å². The van der Waals surface area contributed by atoms with Gasteiger partial charge in [0.05, 0.1) is 17.1 Å². The van der Waals surface area contributed by atoms with Crippen LogP contribution in [0, 0.1) is 11.3 Å². The number of rotatable bonds is 7. The Morgan fingerprint density at radius 1 is 1.35 bits per heavy atom. The summed E-state index contributed by atoms with van der Waals surface area (Å²) in [6, 6.07) is 3.53. The first-order valence-corrected chi connectivity index (χ1v) is 13.0. The molecule has 0 bridgehead atoms. The molecule has 0 spiro atoms. The number of alkyl halides is 3. The number of ether oxygens (including phenoxy) is 1. The normalized spacial score (nSPS) is 12.7. The van der Waals surface area contributed by atoms with Crippen molar-refractivity contribution in [2.24, 2.45) is 0 Å². The van der Waals surface area contributed by atoms with Crippen molar-refractivity contribution in [2.45, 2.75) is 29.4 Å². The molecule has 16 heteroatoms. The number of thioether (sulfide) groups is 1. The van der Waals surface area contributed by atoms with Gasteiger partial charge >= 0.3 is 6.36 Å². The molecule has 0 saturated heterocycles. The number of halogens is 3. The average molecular weight is 533 g/mol. The predicted molar refractivity (Wildman–Crippen MR) is 116 cm³/mol. The number of aromatic nitrogens is 4. The summed E-state index contributed by atoms with van der Waals surface area (Å²) < 4.78 is 67.0. The lowest BCUT2D eigenvalue weighted by atomic mass is 10.2. The Morgan fingerprint density at radius 3 is 2.62 bits per heavy atom. The molecular weight excluding hydrogens is 517 g/mol. The molecule has 3 aromatic rings. The fourth-order valence-electron chi connectivity index (χ4n) is 2.68. The molecule has 34 heavy (non-hydrogen) atoms. The number of sulfone groups is 1. The Labute approximate surface area is 199 Å². The zero-order valence-corrected chi connectivity index (χ0v) is 20.1. The van der Waals surface area contributed by atoms with Gasteiger partial charge in [0.1, 0.15) is 16.7 Å². The Kier molecular flexibility index (Phi) is 7.19. The molecule has 3 rings (SSSR count). The molecule has 1 unspecified atom stereocenters. The van der Waals surface area contributed by atoms with Gasteiger partial charge < -0.3 is 10.1 Å². The smallest absolute Gasteiger partial charge is 0.406 e.